The summed E-state index contributed by atoms with van der Waals surface area (Å²) in [5.74, 6) is 1.43. The summed E-state index contributed by atoms with van der Waals surface area (Å²) in [7, 11) is 0. The minimum atomic E-state index is 1.06. The average molecular weight is 233 g/mol. The lowest BCUT2D eigenvalue weighted by Crippen LogP contribution is -1.89. The van der Waals surface area contributed by atoms with E-state index in [0.29, 0.717) is 0 Å². The van der Waals surface area contributed by atoms with Gasteiger partial charge in [-0.05, 0) is 29.5 Å². The number of hydrogen-bond acceptors (Lipinski definition) is 0. The lowest BCUT2D eigenvalue weighted by Gasteiger charge is -2.03. The van der Waals surface area contributed by atoms with E-state index in [9.17, 15) is 0 Å². The van der Waals surface area contributed by atoms with Crippen LogP contribution in [0.4, 0.5) is 0 Å². The molecule has 2 aromatic rings. The van der Waals surface area contributed by atoms with Gasteiger partial charge >= 0.3 is 0 Å². The highest BCUT2D eigenvalue weighted by molar-refractivity contribution is 5.64. The van der Waals surface area contributed by atoms with Crippen LogP contribution >= 0.6 is 0 Å². The fraction of sp³-hybridized carbons (Fsp3) is 0.167. The Balaban J connectivity index is 1.64. The van der Waals surface area contributed by atoms with Gasteiger partial charge in [-0.1, -0.05) is 73.2 Å². The summed E-state index contributed by atoms with van der Waals surface area (Å²) in [6.07, 6.45) is 4.47. The monoisotopic (exact) mass is 233 g/mol. The molecule has 3 rings (SSSR count). The molecule has 0 amide bonds. The molecular weight excluding hydrogens is 216 g/mol. The van der Waals surface area contributed by atoms with Crippen LogP contribution in [0, 0.1) is 5.92 Å². The van der Waals surface area contributed by atoms with Gasteiger partial charge in [-0.15, -0.1) is 0 Å². The minimum absolute atomic E-state index is 1.06. The molecule has 89 valence electrons. The zero-order chi connectivity index (χ0) is 12.4. The fourth-order valence-corrected chi connectivity index (χ4v) is 2.29. The molecule has 0 unspecified atom stereocenters. The maximum atomic E-state index is 2.30. The van der Waals surface area contributed by atoms with Gasteiger partial charge in [0.15, 0.2) is 0 Å². The van der Waals surface area contributed by atoms with E-state index in [1.807, 2.05) is 0 Å². The molecule has 0 fully saturated rings. The second kappa shape index (κ2) is 4.81. The predicted octanol–water partition coefficient (Wildman–Crippen LogP) is 4.35. The molecule has 1 radical (unpaired) electrons. The van der Waals surface area contributed by atoms with E-state index in [2.05, 4.69) is 67.6 Å². The van der Waals surface area contributed by atoms with Gasteiger partial charge in [0.25, 0.3) is 0 Å². The van der Waals surface area contributed by atoms with Crippen molar-refractivity contribution in [1.29, 1.82) is 0 Å². The van der Waals surface area contributed by atoms with Crippen LogP contribution in [0.2, 0.25) is 0 Å². The summed E-state index contributed by atoms with van der Waals surface area (Å²) in [5, 5.41) is 0. The smallest absolute Gasteiger partial charge is 0.0517 e. The average Bonchev–Trinajstić information content (AvgIpc) is 3.19. The second-order valence-corrected chi connectivity index (χ2v) is 4.80. The Hall–Kier alpha value is -1.82. The molecule has 0 spiro atoms. The van der Waals surface area contributed by atoms with Crippen LogP contribution in [0.15, 0.2) is 66.2 Å². The maximum absolute atomic E-state index is 2.30. The molecule has 0 saturated heterocycles. The Morgan fingerprint density at radius 1 is 0.778 bits per heavy atom. The highest BCUT2D eigenvalue weighted by atomic mass is 14.3. The van der Waals surface area contributed by atoms with Crippen LogP contribution in [0.3, 0.4) is 0 Å². The van der Waals surface area contributed by atoms with Crippen molar-refractivity contribution < 1.29 is 0 Å². The standard InChI is InChI=1S/C18H17/c1-2-14-8-10-16(11-9-14)18-13-17(18)12-15-6-4-3-5-7-15/h3-11,13H,2,12H2,1H3. The first-order valence-corrected chi connectivity index (χ1v) is 6.58. The maximum Gasteiger partial charge on any atom is 0.0517 e. The Bertz CT molecular complexity index is 546. The van der Waals surface area contributed by atoms with E-state index in [1.54, 1.807) is 0 Å². The molecule has 0 saturated carbocycles. The van der Waals surface area contributed by atoms with Gasteiger partial charge in [-0.25, -0.2) is 0 Å². The van der Waals surface area contributed by atoms with E-state index in [-0.39, 0.29) is 0 Å². The zero-order valence-electron chi connectivity index (χ0n) is 10.7. The highest BCUT2D eigenvalue weighted by Crippen LogP contribution is 2.40. The van der Waals surface area contributed by atoms with Crippen molar-refractivity contribution in [3.63, 3.8) is 0 Å². The van der Waals surface area contributed by atoms with E-state index in [4.69, 9.17) is 0 Å². The molecule has 0 heterocycles. The highest BCUT2D eigenvalue weighted by Gasteiger charge is 2.26. The molecule has 18 heavy (non-hydrogen) atoms. The number of aryl methyl sites for hydroxylation is 1. The van der Waals surface area contributed by atoms with Crippen LogP contribution in [-0.4, -0.2) is 0 Å². The van der Waals surface area contributed by atoms with Crippen molar-refractivity contribution in [2.24, 2.45) is 0 Å². The fourth-order valence-electron chi connectivity index (χ4n) is 2.29. The first-order chi connectivity index (χ1) is 8.86. The summed E-state index contributed by atoms with van der Waals surface area (Å²) in [5.41, 5.74) is 5.64. The summed E-state index contributed by atoms with van der Waals surface area (Å²) >= 11 is 0. The minimum Gasteiger partial charge on any atom is -0.0676 e. The predicted molar refractivity (Wildman–Crippen MR) is 76.4 cm³/mol. The molecule has 0 nitrogen and oxygen atoms in total. The molecule has 1 aliphatic rings. The van der Waals surface area contributed by atoms with Crippen molar-refractivity contribution in [3.8, 4) is 0 Å². The lowest BCUT2D eigenvalue weighted by atomic mass is 10.0. The van der Waals surface area contributed by atoms with Gasteiger partial charge in [-0.3, -0.25) is 0 Å². The van der Waals surface area contributed by atoms with E-state index < -0.39 is 0 Å². The molecule has 0 N–H and O–H groups in total. The first-order valence-electron chi connectivity index (χ1n) is 6.58. The topological polar surface area (TPSA) is 0 Å². The lowest BCUT2D eigenvalue weighted by molar-refractivity contribution is 1.13. The van der Waals surface area contributed by atoms with Crippen molar-refractivity contribution in [3.05, 3.63) is 88.9 Å². The van der Waals surface area contributed by atoms with Crippen molar-refractivity contribution in [2.45, 2.75) is 19.8 Å². The summed E-state index contributed by atoms with van der Waals surface area (Å²) in [4.78, 5) is 0. The van der Waals surface area contributed by atoms with E-state index in [0.717, 1.165) is 12.8 Å². The molecule has 0 atom stereocenters. The SMILES string of the molecule is CCc1ccc([C]2C=C2Cc2ccccc2)cc1. The number of hydrogen-bond donors (Lipinski definition) is 0. The molecule has 0 bridgehead atoms. The number of rotatable bonds is 4. The third-order valence-corrected chi connectivity index (χ3v) is 3.49. The van der Waals surface area contributed by atoms with Crippen LogP contribution in [0.1, 0.15) is 23.6 Å². The largest absolute Gasteiger partial charge is 0.0676 e. The summed E-state index contributed by atoms with van der Waals surface area (Å²) in [6.45, 7) is 2.19. The molecule has 1 aliphatic carbocycles. The van der Waals surface area contributed by atoms with Gasteiger partial charge in [-0.2, -0.15) is 0 Å². The van der Waals surface area contributed by atoms with E-state index in [1.165, 1.54) is 28.2 Å². The van der Waals surface area contributed by atoms with Crippen LogP contribution in [0.25, 0.3) is 0 Å². The summed E-state index contributed by atoms with van der Waals surface area (Å²) < 4.78 is 0. The normalized spacial score (nSPS) is 14.4. The van der Waals surface area contributed by atoms with Gasteiger partial charge < -0.3 is 0 Å². The van der Waals surface area contributed by atoms with Gasteiger partial charge in [0.1, 0.15) is 0 Å². The van der Waals surface area contributed by atoms with Crippen LogP contribution < -0.4 is 0 Å². The quantitative estimate of drug-likeness (QED) is 0.736. The molecule has 0 heteroatoms. The Morgan fingerprint density at radius 3 is 2.17 bits per heavy atom. The molecule has 0 aromatic heterocycles. The zero-order valence-corrected chi connectivity index (χ0v) is 10.7. The number of benzene rings is 2. The van der Waals surface area contributed by atoms with Crippen LogP contribution in [0.5, 0.6) is 0 Å². The first kappa shape index (κ1) is 11.3. The molecule has 2 aromatic carbocycles. The Morgan fingerprint density at radius 2 is 1.50 bits per heavy atom. The Labute approximate surface area is 109 Å². The third kappa shape index (κ3) is 2.38. The van der Waals surface area contributed by atoms with Crippen molar-refractivity contribution in [2.75, 3.05) is 0 Å². The molecular formula is C18H17. The summed E-state index contributed by atoms with van der Waals surface area (Å²) in [6, 6.07) is 19.6. The van der Waals surface area contributed by atoms with Gasteiger partial charge in [0.05, 0.1) is 5.92 Å². The van der Waals surface area contributed by atoms with Crippen molar-refractivity contribution >= 4 is 0 Å². The van der Waals surface area contributed by atoms with Gasteiger partial charge in [0, 0.05) is 0 Å². The van der Waals surface area contributed by atoms with Gasteiger partial charge in [0.2, 0.25) is 0 Å². The Kier molecular flexibility index (Phi) is 3.02. The van der Waals surface area contributed by atoms with Crippen molar-refractivity contribution in [1.82, 2.24) is 0 Å². The second-order valence-electron chi connectivity index (χ2n) is 4.80. The third-order valence-electron chi connectivity index (χ3n) is 3.49. The van der Waals surface area contributed by atoms with E-state index >= 15 is 0 Å². The number of allylic oxidation sites excluding steroid dienone is 2. The van der Waals surface area contributed by atoms with Crippen LogP contribution in [-0.2, 0) is 12.8 Å². The molecule has 0 aliphatic heterocycles.